The molecule has 2 rings (SSSR count). The van der Waals surface area contributed by atoms with Crippen LogP contribution in [0.15, 0.2) is 40.4 Å². The van der Waals surface area contributed by atoms with Crippen LogP contribution in [0.1, 0.15) is 32.6 Å². The summed E-state index contributed by atoms with van der Waals surface area (Å²) in [6.45, 7) is 2.86. The van der Waals surface area contributed by atoms with E-state index in [0.717, 1.165) is 31.5 Å². The van der Waals surface area contributed by atoms with Crippen molar-refractivity contribution in [3.05, 3.63) is 30.3 Å². The number of aliphatic imine (C=N–C) groups is 1. The Labute approximate surface area is 125 Å². The van der Waals surface area contributed by atoms with Crippen LogP contribution in [0.4, 0.5) is 5.69 Å². The molecule has 6 N–H and O–H groups in total. The molecule has 1 aromatic carbocycles. The van der Waals surface area contributed by atoms with E-state index in [9.17, 15) is 0 Å². The third-order valence-corrected chi connectivity index (χ3v) is 3.93. The standard InChI is InChI=1S/C15H25N6/c1-2-11-21(20-14(16)17,13-9-6-10-13)15(18)19-12-7-4-3-5-8-12/h3-5,7-8,13H,2,6,9-11H2,1H3,(H2,18,19)(H4,16,17,20)/q+1/t21-/m1/s1. The smallest absolute Gasteiger partial charge is 0.327 e. The summed E-state index contributed by atoms with van der Waals surface area (Å²) in [6, 6.07) is 9.98. The second-order valence-corrected chi connectivity index (χ2v) is 5.47. The number of nitrogens with zero attached hydrogens (tertiary/aromatic N) is 3. The molecule has 1 saturated carbocycles. The van der Waals surface area contributed by atoms with Gasteiger partial charge in [-0.15, -0.1) is 4.59 Å². The van der Waals surface area contributed by atoms with Crippen LogP contribution in [0.3, 0.4) is 0 Å². The number of rotatable bonds is 5. The number of benzene rings is 1. The molecule has 0 radical (unpaired) electrons. The molecular weight excluding hydrogens is 264 g/mol. The Morgan fingerprint density at radius 1 is 1.19 bits per heavy atom. The number of hydrogen-bond donors (Lipinski definition) is 3. The Morgan fingerprint density at radius 3 is 2.33 bits per heavy atom. The maximum Gasteiger partial charge on any atom is 0.327 e. The first kappa shape index (κ1) is 15.3. The molecule has 6 heteroatoms. The molecule has 1 atom stereocenters. The van der Waals surface area contributed by atoms with E-state index < -0.39 is 0 Å². The zero-order valence-electron chi connectivity index (χ0n) is 12.6. The van der Waals surface area contributed by atoms with Gasteiger partial charge in [0.1, 0.15) is 12.6 Å². The largest absolute Gasteiger partial charge is 0.366 e. The molecule has 0 aliphatic heterocycles. The first-order valence-corrected chi connectivity index (χ1v) is 7.47. The molecule has 0 spiro atoms. The second kappa shape index (κ2) is 6.58. The van der Waals surface area contributed by atoms with Crippen LogP contribution in [-0.2, 0) is 0 Å². The third-order valence-electron chi connectivity index (χ3n) is 3.93. The van der Waals surface area contributed by atoms with Crippen LogP contribution >= 0.6 is 0 Å². The monoisotopic (exact) mass is 289 g/mol. The number of hydrogen-bond acceptors (Lipinski definition) is 2. The van der Waals surface area contributed by atoms with Crippen LogP contribution < -0.4 is 17.2 Å². The maximum atomic E-state index is 6.33. The van der Waals surface area contributed by atoms with E-state index in [1.165, 1.54) is 6.42 Å². The number of quaternary nitrogens is 1. The highest BCUT2D eigenvalue weighted by molar-refractivity contribution is 5.78. The molecule has 1 fully saturated rings. The lowest BCUT2D eigenvalue weighted by Gasteiger charge is -2.41. The van der Waals surface area contributed by atoms with E-state index in [1.807, 2.05) is 30.3 Å². The summed E-state index contributed by atoms with van der Waals surface area (Å²) in [5.41, 5.74) is 18.5. The van der Waals surface area contributed by atoms with Gasteiger partial charge in [0.25, 0.3) is 0 Å². The van der Waals surface area contributed by atoms with Gasteiger partial charge in [-0.2, -0.15) is 4.99 Å². The van der Waals surface area contributed by atoms with Crippen LogP contribution in [-0.4, -0.2) is 29.1 Å². The van der Waals surface area contributed by atoms with E-state index in [-0.39, 0.29) is 10.6 Å². The maximum absolute atomic E-state index is 6.33. The summed E-state index contributed by atoms with van der Waals surface area (Å²) in [5.74, 6) is 0.516. The molecule has 1 aromatic rings. The summed E-state index contributed by atoms with van der Waals surface area (Å²) in [7, 11) is 0. The Bertz CT molecular complexity index is 516. The van der Waals surface area contributed by atoms with Gasteiger partial charge in [-0.3, -0.25) is 0 Å². The van der Waals surface area contributed by atoms with Crippen molar-refractivity contribution in [3.63, 3.8) is 0 Å². The molecular formula is C15H25N6+. The molecule has 1 aliphatic rings. The van der Waals surface area contributed by atoms with E-state index in [4.69, 9.17) is 17.2 Å². The molecule has 21 heavy (non-hydrogen) atoms. The summed E-state index contributed by atoms with van der Waals surface area (Å²) >= 11 is 0. The van der Waals surface area contributed by atoms with Crippen molar-refractivity contribution in [3.8, 4) is 0 Å². The lowest BCUT2D eigenvalue weighted by Crippen LogP contribution is -2.62. The average Bonchev–Trinajstić information content (AvgIpc) is 2.37. The van der Waals surface area contributed by atoms with Gasteiger partial charge in [-0.25, -0.2) is 0 Å². The molecule has 0 saturated heterocycles. The fourth-order valence-corrected chi connectivity index (χ4v) is 2.75. The van der Waals surface area contributed by atoms with Crippen LogP contribution in [0.5, 0.6) is 0 Å². The zero-order chi connectivity index (χ0) is 15.3. The number of nitrogens with two attached hydrogens (primary N) is 3. The quantitative estimate of drug-likeness (QED) is 0.332. The fourth-order valence-electron chi connectivity index (χ4n) is 2.75. The Hall–Kier alpha value is -2.08. The minimum Gasteiger partial charge on any atom is -0.366 e. The van der Waals surface area contributed by atoms with Gasteiger partial charge >= 0.3 is 5.96 Å². The van der Waals surface area contributed by atoms with Crippen LogP contribution in [0.2, 0.25) is 0 Å². The molecule has 0 bridgehead atoms. The summed E-state index contributed by atoms with van der Waals surface area (Å²) in [6.07, 6.45) is 4.26. The summed E-state index contributed by atoms with van der Waals surface area (Å²) in [4.78, 5) is 4.55. The van der Waals surface area contributed by atoms with E-state index in [1.54, 1.807) is 0 Å². The Balaban J connectivity index is 2.42. The lowest BCUT2D eigenvalue weighted by atomic mass is 9.90. The zero-order valence-corrected chi connectivity index (χ0v) is 12.6. The first-order chi connectivity index (χ1) is 10.1. The van der Waals surface area contributed by atoms with Crippen LogP contribution in [0, 0.1) is 0 Å². The predicted molar refractivity (Wildman–Crippen MR) is 86.6 cm³/mol. The van der Waals surface area contributed by atoms with Gasteiger partial charge in [-0.1, -0.05) is 25.1 Å². The van der Waals surface area contributed by atoms with Gasteiger partial charge in [0.15, 0.2) is 0 Å². The lowest BCUT2D eigenvalue weighted by molar-refractivity contribution is -0.882. The second-order valence-electron chi connectivity index (χ2n) is 5.47. The normalized spacial score (nSPS) is 18.6. The molecule has 0 heterocycles. The highest BCUT2D eigenvalue weighted by Gasteiger charge is 2.45. The van der Waals surface area contributed by atoms with Crippen molar-refractivity contribution in [1.29, 1.82) is 0 Å². The Kier molecular flexibility index (Phi) is 4.80. The van der Waals surface area contributed by atoms with Crippen LogP contribution in [0.25, 0.3) is 0 Å². The Morgan fingerprint density at radius 2 is 1.86 bits per heavy atom. The van der Waals surface area contributed by atoms with Gasteiger partial charge in [0.2, 0.25) is 5.96 Å². The molecule has 0 aromatic heterocycles. The topological polar surface area (TPSA) is 103 Å². The van der Waals surface area contributed by atoms with Crippen molar-refractivity contribution in [1.82, 2.24) is 0 Å². The van der Waals surface area contributed by atoms with Gasteiger partial charge < -0.3 is 17.2 Å². The van der Waals surface area contributed by atoms with E-state index in [2.05, 4.69) is 17.0 Å². The van der Waals surface area contributed by atoms with Gasteiger partial charge in [-0.05, 0) is 30.1 Å². The van der Waals surface area contributed by atoms with Crippen molar-refractivity contribution >= 4 is 17.6 Å². The molecule has 0 unspecified atom stereocenters. The van der Waals surface area contributed by atoms with Crippen molar-refractivity contribution in [2.24, 2.45) is 27.3 Å². The third kappa shape index (κ3) is 3.33. The minimum absolute atomic E-state index is 0.0570. The molecule has 114 valence electrons. The molecule has 0 amide bonds. The highest BCUT2D eigenvalue weighted by Crippen LogP contribution is 2.33. The van der Waals surface area contributed by atoms with Crippen molar-refractivity contribution in [2.45, 2.75) is 38.6 Å². The first-order valence-electron chi connectivity index (χ1n) is 7.47. The number of para-hydroxylation sites is 1. The number of guanidine groups is 2. The van der Waals surface area contributed by atoms with E-state index in [0.29, 0.717) is 12.0 Å². The average molecular weight is 289 g/mol. The molecule has 6 nitrogen and oxygen atoms in total. The predicted octanol–water partition coefficient (Wildman–Crippen LogP) is 1.60. The highest BCUT2D eigenvalue weighted by atomic mass is 15.7. The molecule has 1 aliphatic carbocycles. The SMILES string of the molecule is CCC[N@+](N=C(N)N)(C(N)=Nc1ccccc1)C1CCC1. The summed E-state index contributed by atoms with van der Waals surface area (Å²) < 4.78 is 0.230. The van der Waals surface area contributed by atoms with Crippen molar-refractivity contribution < 1.29 is 4.59 Å². The van der Waals surface area contributed by atoms with Gasteiger partial charge in [0.05, 0.1) is 5.69 Å². The van der Waals surface area contributed by atoms with Crippen molar-refractivity contribution in [2.75, 3.05) is 6.54 Å². The minimum atomic E-state index is 0.0570. The fraction of sp³-hybridized carbons (Fsp3) is 0.467. The summed E-state index contributed by atoms with van der Waals surface area (Å²) in [5, 5.41) is 4.47. The van der Waals surface area contributed by atoms with Gasteiger partial charge in [0, 0.05) is 12.8 Å². The van der Waals surface area contributed by atoms with E-state index >= 15 is 0 Å².